The fourth-order valence-electron chi connectivity index (χ4n) is 1.80. The molecule has 1 atom stereocenters. The van der Waals surface area contributed by atoms with E-state index in [9.17, 15) is 0 Å². The van der Waals surface area contributed by atoms with E-state index in [2.05, 4.69) is 61.1 Å². The summed E-state index contributed by atoms with van der Waals surface area (Å²) in [5, 5.41) is 0. The van der Waals surface area contributed by atoms with Gasteiger partial charge in [-0.3, -0.25) is 4.98 Å². The molecule has 2 aromatic rings. The van der Waals surface area contributed by atoms with Crippen molar-refractivity contribution in [2.75, 3.05) is 7.11 Å². The van der Waals surface area contributed by atoms with Crippen molar-refractivity contribution in [3.05, 3.63) is 57.8 Å². The number of ether oxygens (including phenoxy) is 1. The van der Waals surface area contributed by atoms with Crippen LogP contribution >= 0.6 is 31.9 Å². The molecule has 4 heteroatoms. The minimum absolute atomic E-state index is 0.241. The molecule has 0 aliphatic heterocycles. The van der Waals surface area contributed by atoms with Gasteiger partial charge in [0, 0.05) is 23.1 Å². The number of pyridine rings is 1. The first kappa shape index (κ1) is 14.5. The van der Waals surface area contributed by atoms with Crippen molar-refractivity contribution >= 4 is 31.9 Å². The lowest BCUT2D eigenvalue weighted by molar-refractivity contribution is 0.412. The lowest BCUT2D eigenvalue weighted by Crippen LogP contribution is -1.98. The molecule has 1 aromatic heterocycles. The number of hydrogen-bond donors (Lipinski definition) is 0. The standard InChI is InChI=1S/C15H15Br2NO/c1-10-3-5-12(18-9-10)8-13(16)11-4-6-15(19-2)14(17)7-11/h3-7,9,13H,8H2,1-2H3. The second-order valence-electron chi connectivity index (χ2n) is 4.39. The monoisotopic (exact) mass is 383 g/mol. The van der Waals surface area contributed by atoms with Gasteiger partial charge in [-0.1, -0.05) is 28.1 Å². The van der Waals surface area contributed by atoms with Crippen LogP contribution in [0, 0.1) is 6.92 Å². The van der Waals surface area contributed by atoms with Crippen LogP contribution in [0.5, 0.6) is 5.75 Å². The van der Waals surface area contributed by atoms with Gasteiger partial charge >= 0.3 is 0 Å². The van der Waals surface area contributed by atoms with Gasteiger partial charge in [-0.15, -0.1) is 0 Å². The van der Waals surface area contributed by atoms with Gasteiger partial charge in [0.15, 0.2) is 0 Å². The van der Waals surface area contributed by atoms with Crippen molar-refractivity contribution in [3.8, 4) is 5.75 Å². The normalized spacial score (nSPS) is 12.2. The molecule has 0 spiro atoms. The minimum Gasteiger partial charge on any atom is -0.496 e. The van der Waals surface area contributed by atoms with Gasteiger partial charge < -0.3 is 4.74 Å². The van der Waals surface area contributed by atoms with Crippen LogP contribution in [-0.2, 0) is 6.42 Å². The van der Waals surface area contributed by atoms with Crippen LogP contribution in [0.15, 0.2) is 41.0 Å². The summed E-state index contributed by atoms with van der Waals surface area (Å²) in [5.74, 6) is 0.844. The molecule has 1 heterocycles. The largest absolute Gasteiger partial charge is 0.496 e. The summed E-state index contributed by atoms with van der Waals surface area (Å²) in [7, 11) is 1.67. The fraction of sp³-hybridized carbons (Fsp3) is 0.267. The molecule has 2 nitrogen and oxygen atoms in total. The zero-order valence-corrected chi connectivity index (χ0v) is 14.0. The first-order valence-corrected chi connectivity index (χ1v) is 7.70. The maximum atomic E-state index is 5.24. The van der Waals surface area contributed by atoms with Crippen LogP contribution < -0.4 is 4.74 Å². The van der Waals surface area contributed by atoms with Crippen molar-refractivity contribution < 1.29 is 4.74 Å². The predicted molar refractivity (Wildman–Crippen MR) is 85.0 cm³/mol. The number of alkyl halides is 1. The van der Waals surface area contributed by atoms with E-state index < -0.39 is 0 Å². The summed E-state index contributed by atoms with van der Waals surface area (Å²) in [6.07, 6.45) is 2.76. The molecular weight excluding hydrogens is 370 g/mol. The van der Waals surface area contributed by atoms with E-state index in [-0.39, 0.29) is 4.83 Å². The Bertz CT molecular complexity index is 555. The highest BCUT2D eigenvalue weighted by molar-refractivity contribution is 9.10. The van der Waals surface area contributed by atoms with E-state index in [1.807, 2.05) is 19.2 Å². The zero-order chi connectivity index (χ0) is 13.8. The summed E-state index contributed by atoms with van der Waals surface area (Å²) in [4.78, 5) is 4.67. The molecule has 0 aliphatic carbocycles. The third-order valence-corrected chi connectivity index (χ3v) is 4.37. The highest BCUT2D eigenvalue weighted by atomic mass is 79.9. The molecule has 0 aliphatic rings. The van der Waals surface area contributed by atoms with Crippen molar-refractivity contribution in [2.24, 2.45) is 0 Å². The maximum absolute atomic E-state index is 5.24. The van der Waals surface area contributed by atoms with E-state index in [0.29, 0.717) is 0 Å². The smallest absolute Gasteiger partial charge is 0.133 e. The van der Waals surface area contributed by atoms with Gasteiger partial charge in [0.25, 0.3) is 0 Å². The van der Waals surface area contributed by atoms with Crippen LogP contribution in [0.2, 0.25) is 0 Å². The van der Waals surface area contributed by atoms with Crippen molar-refractivity contribution in [2.45, 2.75) is 18.2 Å². The van der Waals surface area contributed by atoms with Gasteiger partial charge in [-0.05, 0) is 52.2 Å². The maximum Gasteiger partial charge on any atom is 0.133 e. The fourth-order valence-corrected chi connectivity index (χ4v) is 2.97. The Hall–Kier alpha value is -0.870. The quantitative estimate of drug-likeness (QED) is 0.703. The van der Waals surface area contributed by atoms with Crippen LogP contribution in [0.3, 0.4) is 0 Å². The number of benzene rings is 1. The number of halogens is 2. The van der Waals surface area contributed by atoms with Gasteiger partial charge in [-0.2, -0.15) is 0 Å². The Morgan fingerprint density at radius 2 is 2.05 bits per heavy atom. The molecule has 100 valence electrons. The third-order valence-electron chi connectivity index (χ3n) is 2.90. The molecule has 19 heavy (non-hydrogen) atoms. The number of nitrogens with zero attached hydrogens (tertiary/aromatic N) is 1. The van der Waals surface area contributed by atoms with Crippen molar-refractivity contribution in [1.82, 2.24) is 4.98 Å². The molecule has 0 bridgehead atoms. The summed E-state index contributed by atoms with van der Waals surface area (Å²) in [6.45, 7) is 2.04. The van der Waals surface area contributed by atoms with Gasteiger partial charge in [-0.25, -0.2) is 0 Å². The second kappa shape index (κ2) is 6.53. The molecule has 1 aromatic carbocycles. The number of hydrogen-bond acceptors (Lipinski definition) is 2. The summed E-state index contributed by atoms with van der Waals surface area (Å²) < 4.78 is 6.20. The average molecular weight is 385 g/mol. The van der Waals surface area contributed by atoms with Gasteiger partial charge in [0.2, 0.25) is 0 Å². The van der Waals surface area contributed by atoms with E-state index in [4.69, 9.17) is 4.74 Å². The van der Waals surface area contributed by atoms with Crippen LogP contribution in [0.4, 0.5) is 0 Å². The highest BCUT2D eigenvalue weighted by Crippen LogP contribution is 2.32. The molecule has 1 unspecified atom stereocenters. The Labute approximate surface area is 130 Å². The molecule has 0 fully saturated rings. The molecular formula is C15H15Br2NO. The summed E-state index contributed by atoms with van der Waals surface area (Å²) >= 11 is 7.23. The van der Waals surface area contributed by atoms with Crippen LogP contribution in [0.25, 0.3) is 0 Å². The molecule has 2 rings (SSSR count). The van der Waals surface area contributed by atoms with Gasteiger partial charge in [0.05, 0.1) is 11.6 Å². The number of methoxy groups -OCH3 is 1. The average Bonchev–Trinajstić information content (AvgIpc) is 2.41. The number of aromatic nitrogens is 1. The molecule has 0 saturated heterocycles. The lowest BCUT2D eigenvalue weighted by Gasteiger charge is -2.12. The molecule has 0 amide bonds. The first-order valence-electron chi connectivity index (χ1n) is 5.99. The van der Waals surface area contributed by atoms with Crippen LogP contribution in [0.1, 0.15) is 21.6 Å². The summed E-state index contributed by atoms with van der Waals surface area (Å²) in [6, 6.07) is 10.3. The van der Waals surface area contributed by atoms with Crippen molar-refractivity contribution in [1.29, 1.82) is 0 Å². The summed E-state index contributed by atoms with van der Waals surface area (Å²) in [5.41, 5.74) is 3.47. The molecule has 0 radical (unpaired) electrons. The Morgan fingerprint density at radius 3 is 2.63 bits per heavy atom. The lowest BCUT2D eigenvalue weighted by atomic mass is 10.1. The predicted octanol–water partition coefficient (Wildman–Crippen LogP) is 4.84. The second-order valence-corrected chi connectivity index (χ2v) is 6.35. The van der Waals surface area contributed by atoms with Crippen molar-refractivity contribution in [3.63, 3.8) is 0 Å². The number of aryl methyl sites for hydroxylation is 1. The van der Waals surface area contributed by atoms with Crippen LogP contribution in [-0.4, -0.2) is 12.1 Å². The molecule has 0 N–H and O–H groups in total. The van der Waals surface area contributed by atoms with E-state index in [1.54, 1.807) is 7.11 Å². The third kappa shape index (κ3) is 3.80. The zero-order valence-electron chi connectivity index (χ0n) is 10.9. The van der Waals surface area contributed by atoms with E-state index >= 15 is 0 Å². The Morgan fingerprint density at radius 1 is 1.26 bits per heavy atom. The molecule has 0 saturated carbocycles. The topological polar surface area (TPSA) is 22.1 Å². The van der Waals surface area contributed by atoms with E-state index in [1.165, 1.54) is 11.1 Å². The minimum atomic E-state index is 0.241. The van der Waals surface area contributed by atoms with Gasteiger partial charge in [0.1, 0.15) is 5.75 Å². The first-order chi connectivity index (χ1) is 9.10. The Kier molecular flexibility index (Phi) is 4.99. The van der Waals surface area contributed by atoms with E-state index in [0.717, 1.165) is 22.3 Å². The number of rotatable bonds is 4. The Balaban J connectivity index is 2.13. The highest BCUT2D eigenvalue weighted by Gasteiger charge is 2.11. The SMILES string of the molecule is COc1ccc(C(Br)Cc2ccc(C)cn2)cc1Br.